The highest BCUT2D eigenvalue weighted by Gasteiger charge is 2.22. The van der Waals surface area contributed by atoms with E-state index in [2.05, 4.69) is 43.6 Å². The van der Waals surface area contributed by atoms with Crippen LogP contribution in [0, 0.1) is 11.3 Å². The SMILES string of the molecule is COc1ccc(C(N)CC(C)CC(C)(C)C)c(OC)c1Br. The van der Waals surface area contributed by atoms with E-state index in [9.17, 15) is 0 Å². The molecule has 120 valence electrons. The highest BCUT2D eigenvalue weighted by atomic mass is 79.9. The van der Waals surface area contributed by atoms with Crippen molar-refractivity contribution in [3.05, 3.63) is 22.2 Å². The summed E-state index contributed by atoms with van der Waals surface area (Å²) in [7, 11) is 3.30. The molecule has 2 unspecified atom stereocenters. The molecular weight excluding hydrogens is 330 g/mol. The Morgan fingerprint density at radius 2 is 1.81 bits per heavy atom. The molecule has 2 N–H and O–H groups in total. The van der Waals surface area contributed by atoms with E-state index in [0.717, 1.165) is 34.4 Å². The highest BCUT2D eigenvalue weighted by molar-refractivity contribution is 9.10. The molecule has 1 aromatic rings. The molecule has 1 aromatic carbocycles. The molecule has 0 saturated heterocycles. The number of rotatable bonds is 6. The summed E-state index contributed by atoms with van der Waals surface area (Å²) in [6.07, 6.45) is 2.09. The normalized spacial score (nSPS) is 14.7. The number of ether oxygens (including phenoxy) is 2. The van der Waals surface area contributed by atoms with Crippen molar-refractivity contribution in [2.45, 2.75) is 46.6 Å². The zero-order valence-electron chi connectivity index (χ0n) is 14.0. The standard InChI is InChI=1S/C17H28BrNO2/c1-11(10-17(2,3)4)9-13(19)12-7-8-14(20-5)15(18)16(12)21-6/h7-8,11,13H,9-10,19H2,1-6H3. The van der Waals surface area contributed by atoms with Crippen LogP contribution in [0.3, 0.4) is 0 Å². The monoisotopic (exact) mass is 357 g/mol. The van der Waals surface area contributed by atoms with Crippen LogP contribution in [0.5, 0.6) is 11.5 Å². The van der Waals surface area contributed by atoms with Crippen LogP contribution < -0.4 is 15.2 Å². The van der Waals surface area contributed by atoms with Crippen LogP contribution in [0.4, 0.5) is 0 Å². The molecule has 0 spiro atoms. The van der Waals surface area contributed by atoms with Gasteiger partial charge in [0, 0.05) is 11.6 Å². The van der Waals surface area contributed by atoms with Crippen LogP contribution >= 0.6 is 15.9 Å². The van der Waals surface area contributed by atoms with Gasteiger partial charge in [-0.25, -0.2) is 0 Å². The summed E-state index contributed by atoms with van der Waals surface area (Å²) in [6.45, 7) is 9.05. The van der Waals surface area contributed by atoms with Crippen molar-refractivity contribution in [1.29, 1.82) is 0 Å². The zero-order chi connectivity index (χ0) is 16.2. The fourth-order valence-electron chi connectivity index (χ4n) is 2.90. The van der Waals surface area contributed by atoms with Crippen LogP contribution in [-0.4, -0.2) is 14.2 Å². The van der Waals surface area contributed by atoms with Gasteiger partial charge in [0.1, 0.15) is 16.0 Å². The predicted molar refractivity (Wildman–Crippen MR) is 92.0 cm³/mol. The van der Waals surface area contributed by atoms with E-state index < -0.39 is 0 Å². The Balaban J connectivity index is 2.92. The highest BCUT2D eigenvalue weighted by Crippen LogP contribution is 2.41. The van der Waals surface area contributed by atoms with Gasteiger partial charge in [0.2, 0.25) is 0 Å². The zero-order valence-corrected chi connectivity index (χ0v) is 15.6. The molecule has 0 amide bonds. The van der Waals surface area contributed by atoms with Gasteiger partial charge in [-0.15, -0.1) is 0 Å². The summed E-state index contributed by atoms with van der Waals surface area (Å²) in [5.41, 5.74) is 7.75. The third kappa shape index (κ3) is 5.19. The third-order valence-electron chi connectivity index (χ3n) is 3.53. The number of benzene rings is 1. The molecule has 4 heteroatoms. The van der Waals surface area contributed by atoms with Gasteiger partial charge in [-0.3, -0.25) is 0 Å². The number of methoxy groups -OCH3 is 2. The van der Waals surface area contributed by atoms with Gasteiger partial charge in [0.25, 0.3) is 0 Å². The van der Waals surface area contributed by atoms with Crippen LogP contribution in [0.25, 0.3) is 0 Å². The largest absolute Gasteiger partial charge is 0.495 e. The van der Waals surface area contributed by atoms with Crippen LogP contribution in [0.2, 0.25) is 0 Å². The maximum absolute atomic E-state index is 6.41. The summed E-state index contributed by atoms with van der Waals surface area (Å²) in [6, 6.07) is 3.88. The number of nitrogens with two attached hydrogens (primary N) is 1. The average molecular weight is 358 g/mol. The van der Waals surface area contributed by atoms with Crippen LogP contribution in [0.1, 0.15) is 52.1 Å². The van der Waals surface area contributed by atoms with Crippen molar-refractivity contribution in [1.82, 2.24) is 0 Å². The number of hydrogen-bond acceptors (Lipinski definition) is 3. The first-order valence-corrected chi connectivity index (χ1v) is 8.15. The van der Waals surface area contributed by atoms with Gasteiger partial charge in [-0.1, -0.05) is 27.7 Å². The first-order chi connectivity index (χ1) is 9.69. The molecule has 1 rings (SSSR count). The van der Waals surface area contributed by atoms with Crippen molar-refractivity contribution in [2.24, 2.45) is 17.1 Å². The molecule has 0 saturated carbocycles. The lowest BCUT2D eigenvalue weighted by molar-refractivity contribution is 0.284. The molecule has 0 aliphatic heterocycles. The van der Waals surface area contributed by atoms with Gasteiger partial charge < -0.3 is 15.2 Å². The Morgan fingerprint density at radius 1 is 1.19 bits per heavy atom. The minimum atomic E-state index is -0.0421. The second-order valence-electron chi connectivity index (χ2n) is 6.92. The van der Waals surface area contributed by atoms with Gasteiger partial charge in [-0.2, -0.15) is 0 Å². The van der Waals surface area contributed by atoms with E-state index in [1.165, 1.54) is 0 Å². The topological polar surface area (TPSA) is 44.5 Å². The summed E-state index contributed by atoms with van der Waals surface area (Å²) in [5, 5.41) is 0. The Bertz CT molecular complexity index is 469. The maximum atomic E-state index is 6.41. The first-order valence-electron chi connectivity index (χ1n) is 7.35. The fourth-order valence-corrected chi connectivity index (χ4v) is 3.58. The van der Waals surface area contributed by atoms with Crippen LogP contribution in [-0.2, 0) is 0 Å². The molecule has 21 heavy (non-hydrogen) atoms. The molecule has 0 fully saturated rings. The minimum Gasteiger partial charge on any atom is -0.495 e. The molecule has 2 atom stereocenters. The summed E-state index contributed by atoms with van der Waals surface area (Å²) >= 11 is 3.53. The Kier molecular flexibility index (Phi) is 6.54. The lowest BCUT2D eigenvalue weighted by Gasteiger charge is -2.26. The number of hydrogen-bond donors (Lipinski definition) is 1. The molecule has 0 aromatic heterocycles. The Labute approximate surface area is 137 Å². The minimum absolute atomic E-state index is 0.0421. The Hall–Kier alpha value is -0.740. The molecular formula is C17H28BrNO2. The summed E-state index contributed by atoms with van der Waals surface area (Å²) in [5.74, 6) is 2.08. The average Bonchev–Trinajstić information content (AvgIpc) is 2.35. The quantitative estimate of drug-likeness (QED) is 0.784. The second kappa shape index (κ2) is 7.50. The molecule has 0 bridgehead atoms. The molecule has 0 radical (unpaired) electrons. The van der Waals surface area contributed by atoms with E-state index in [1.54, 1.807) is 14.2 Å². The number of halogens is 1. The van der Waals surface area contributed by atoms with Gasteiger partial charge in [0.05, 0.1) is 14.2 Å². The lowest BCUT2D eigenvalue weighted by Crippen LogP contribution is -2.18. The molecule has 0 aliphatic carbocycles. The Morgan fingerprint density at radius 3 is 2.29 bits per heavy atom. The van der Waals surface area contributed by atoms with E-state index in [-0.39, 0.29) is 6.04 Å². The van der Waals surface area contributed by atoms with E-state index in [4.69, 9.17) is 15.2 Å². The lowest BCUT2D eigenvalue weighted by atomic mass is 9.82. The van der Waals surface area contributed by atoms with Crippen molar-refractivity contribution < 1.29 is 9.47 Å². The van der Waals surface area contributed by atoms with E-state index in [0.29, 0.717) is 11.3 Å². The third-order valence-corrected chi connectivity index (χ3v) is 4.28. The fraction of sp³-hybridized carbons (Fsp3) is 0.647. The summed E-state index contributed by atoms with van der Waals surface area (Å²) in [4.78, 5) is 0. The molecule has 3 nitrogen and oxygen atoms in total. The summed E-state index contributed by atoms with van der Waals surface area (Å²) < 4.78 is 11.6. The van der Waals surface area contributed by atoms with Crippen molar-refractivity contribution in [2.75, 3.05) is 14.2 Å². The second-order valence-corrected chi connectivity index (χ2v) is 7.71. The van der Waals surface area contributed by atoms with Crippen molar-refractivity contribution >= 4 is 15.9 Å². The molecule has 0 aliphatic rings. The van der Waals surface area contributed by atoms with Gasteiger partial charge in [-0.05, 0) is 52.2 Å². The van der Waals surface area contributed by atoms with Gasteiger partial charge in [0.15, 0.2) is 0 Å². The van der Waals surface area contributed by atoms with Crippen LogP contribution in [0.15, 0.2) is 16.6 Å². The smallest absolute Gasteiger partial charge is 0.141 e. The van der Waals surface area contributed by atoms with Gasteiger partial charge >= 0.3 is 0 Å². The van der Waals surface area contributed by atoms with Crippen molar-refractivity contribution in [3.8, 4) is 11.5 Å². The van der Waals surface area contributed by atoms with E-state index >= 15 is 0 Å². The predicted octanol–water partition coefficient (Wildman–Crippen LogP) is 4.93. The molecule has 0 heterocycles. The van der Waals surface area contributed by atoms with Crippen molar-refractivity contribution in [3.63, 3.8) is 0 Å². The maximum Gasteiger partial charge on any atom is 0.141 e. The first kappa shape index (κ1) is 18.3. The van der Waals surface area contributed by atoms with E-state index in [1.807, 2.05) is 12.1 Å².